The van der Waals surface area contributed by atoms with E-state index in [0.29, 0.717) is 31.7 Å². The zero-order chi connectivity index (χ0) is 31.9. The van der Waals surface area contributed by atoms with Gasteiger partial charge in [0.25, 0.3) is 0 Å². The van der Waals surface area contributed by atoms with E-state index in [1.54, 1.807) is 36.7 Å². The molecule has 2 aliphatic rings. The number of nitrogens with one attached hydrogen (secondary N) is 1. The monoisotopic (exact) mass is 631 g/mol. The van der Waals surface area contributed by atoms with Crippen molar-refractivity contribution in [2.75, 3.05) is 24.2 Å². The number of fused-ring (bicyclic) bond motifs is 1. The van der Waals surface area contributed by atoms with Gasteiger partial charge in [0.15, 0.2) is 9.84 Å². The van der Waals surface area contributed by atoms with Gasteiger partial charge in [-0.1, -0.05) is 12.1 Å². The molecule has 4 rings (SSSR count). The molecule has 2 aromatic rings. The SMILES string of the molecule is O=C(Nc1cccnc1)[C@@H]1CCS(=O)(=O)[C@@H]2CN(Cc3ccc(F)cc3)C[C@@H]21.O=C(O)C(F)(F)F.O=C(O)C(F)(F)F. The second-order valence-corrected chi connectivity index (χ2v) is 11.5. The molecule has 3 atom stereocenters. The molecule has 2 aliphatic heterocycles. The van der Waals surface area contributed by atoms with Crippen LogP contribution in [-0.2, 0) is 30.8 Å². The summed E-state index contributed by atoms with van der Waals surface area (Å²) in [6, 6.07) is 9.72. The number of sulfone groups is 1. The summed E-state index contributed by atoms with van der Waals surface area (Å²) in [6.45, 7) is 1.48. The van der Waals surface area contributed by atoms with Gasteiger partial charge in [-0.05, 0) is 36.2 Å². The number of carboxylic acid groups (broad SMARTS) is 2. The topological polar surface area (TPSA) is 154 Å². The van der Waals surface area contributed by atoms with Crippen molar-refractivity contribution in [1.29, 1.82) is 0 Å². The number of benzene rings is 1. The number of hydrogen-bond donors (Lipinski definition) is 3. The average Bonchev–Trinajstić information content (AvgIpc) is 3.31. The van der Waals surface area contributed by atoms with Crippen molar-refractivity contribution in [3.8, 4) is 0 Å². The zero-order valence-corrected chi connectivity index (χ0v) is 22.1. The number of aliphatic carboxylic acids is 2. The van der Waals surface area contributed by atoms with Crippen LogP contribution in [0, 0.1) is 17.7 Å². The highest BCUT2D eigenvalue weighted by molar-refractivity contribution is 7.92. The number of carbonyl (C=O) groups excluding carboxylic acids is 1. The number of nitrogens with zero attached hydrogens (tertiary/aromatic N) is 2. The molecule has 0 radical (unpaired) electrons. The zero-order valence-electron chi connectivity index (χ0n) is 21.3. The van der Waals surface area contributed by atoms with Crippen LogP contribution in [0.3, 0.4) is 0 Å². The average molecular weight is 632 g/mol. The molecule has 0 unspecified atom stereocenters. The van der Waals surface area contributed by atoms with E-state index < -0.39 is 39.4 Å². The van der Waals surface area contributed by atoms with Crippen LogP contribution >= 0.6 is 0 Å². The highest BCUT2D eigenvalue weighted by atomic mass is 32.2. The van der Waals surface area contributed by atoms with Gasteiger partial charge < -0.3 is 15.5 Å². The van der Waals surface area contributed by atoms with Crippen LogP contribution in [0.2, 0.25) is 0 Å². The van der Waals surface area contributed by atoms with E-state index in [0.717, 1.165) is 5.56 Å². The lowest BCUT2D eigenvalue weighted by Crippen LogP contribution is -2.45. The lowest BCUT2D eigenvalue weighted by Gasteiger charge is -2.31. The third-order valence-corrected chi connectivity index (χ3v) is 8.37. The number of carbonyl (C=O) groups is 3. The van der Waals surface area contributed by atoms with Crippen molar-refractivity contribution in [1.82, 2.24) is 9.88 Å². The molecule has 0 saturated carbocycles. The molecule has 1 aromatic carbocycles. The fourth-order valence-corrected chi connectivity index (χ4v) is 6.41. The number of rotatable bonds is 4. The Morgan fingerprint density at radius 2 is 1.50 bits per heavy atom. The fourth-order valence-electron chi connectivity index (χ4n) is 4.28. The molecule has 10 nitrogen and oxygen atoms in total. The summed E-state index contributed by atoms with van der Waals surface area (Å²) in [6.07, 6.45) is -6.63. The van der Waals surface area contributed by atoms with E-state index in [1.807, 2.05) is 0 Å². The minimum atomic E-state index is -5.08. The summed E-state index contributed by atoms with van der Waals surface area (Å²) >= 11 is 0. The number of aromatic nitrogens is 1. The molecule has 3 heterocycles. The Bertz CT molecular complexity index is 1310. The van der Waals surface area contributed by atoms with Gasteiger partial charge in [-0.15, -0.1) is 0 Å². The molecule has 232 valence electrons. The van der Waals surface area contributed by atoms with Gasteiger partial charge in [0.1, 0.15) is 5.82 Å². The first-order chi connectivity index (χ1) is 19.3. The van der Waals surface area contributed by atoms with Crippen LogP contribution in [-0.4, -0.2) is 82.8 Å². The minimum absolute atomic E-state index is 0.0314. The van der Waals surface area contributed by atoms with Gasteiger partial charge >= 0.3 is 24.3 Å². The molecule has 0 aliphatic carbocycles. The van der Waals surface area contributed by atoms with E-state index in [-0.39, 0.29) is 29.3 Å². The van der Waals surface area contributed by atoms with E-state index >= 15 is 0 Å². The third-order valence-electron chi connectivity index (χ3n) is 6.15. The van der Waals surface area contributed by atoms with Crippen molar-refractivity contribution in [3.05, 3.63) is 60.2 Å². The van der Waals surface area contributed by atoms with E-state index in [9.17, 15) is 43.9 Å². The Labute approximate surface area is 234 Å². The maximum absolute atomic E-state index is 13.1. The smallest absolute Gasteiger partial charge is 0.475 e. The summed E-state index contributed by atoms with van der Waals surface area (Å²) < 4.78 is 102. The molecule has 2 saturated heterocycles. The number of hydrogen-bond acceptors (Lipinski definition) is 7. The van der Waals surface area contributed by atoms with Crippen molar-refractivity contribution >= 4 is 33.4 Å². The molecule has 42 heavy (non-hydrogen) atoms. The van der Waals surface area contributed by atoms with Crippen molar-refractivity contribution < 1.29 is 63.7 Å². The third kappa shape index (κ3) is 10.2. The molecular weight excluding hydrogens is 607 g/mol. The normalized spacial score (nSPS) is 21.5. The molecule has 1 aromatic heterocycles. The number of amides is 1. The van der Waals surface area contributed by atoms with Crippen LogP contribution in [0.5, 0.6) is 0 Å². The first-order valence-corrected chi connectivity index (χ1v) is 13.5. The first kappa shape index (κ1) is 34.4. The van der Waals surface area contributed by atoms with Crippen LogP contribution in [0.25, 0.3) is 0 Å². The van der Waals surface area contributed by atoms with Crippen LogP contribution < -0.4 is 5.32 Å². The van der Waals surface area contributed by atoms with Gasteiger partial charge in [-0.3, -0.25) is 14.7 Å². The van der Waals surface area contributed by atoms with Gasteiger partial charge in [0, 0.05) is 37.7 Å². The number of pyridine rings is 1. The molecular formula is C24H24F7N3O7S. The maximum Gasteiger partial charge on any atom is 0.490 e. The van der Waals surface area contributed by atoms with E-state index in [1.165, 1.54) is 12.1 Å². The van der Waals surface area contributed by atoms with Gasteiger partial charge in [-0.2, -0.15) is 26.3 Å². The summed E-state index contributed by atoms with van der Waals surface area (Å²) in [4.78, 5) is 36.7. The summed E-state index contributed by atoms with van der Waals surface area (Å²) in [7, 11) is -3.23. The van der Waals surface area contributed by atoms with Gasteiger partial charge in [0.05, 0.1) is 22.9 Å². The molecule has 0 spiro atoms. The highest BCUT2D eigenvalue weighted by Crippen LogP contribution is 2.38. The molecule has 0 bridgehead atoms. The van der Waals surface area contributed by atoms with Gasteiger partial charge in [-0.25, -0.2) is 22.4 Å². The quantitative estimate of drug-likeness (QED) is 0.431. The minimum Gasteiger partial charge on any atom is -0.475 e. The van der Waals surface area contributed by atoms with Crippen LogP contribution in [0.15, 0.2) is 48.8 Å². The number of likely N-dealkylation sites (tertiary alicyclic amines) is 1. The summed E-state index contributed by atoms with van der Waals surface area (Å²) in [5.41, 5.74) is 1.53. The van der Waals surface area contributed by atoms with E-state index in [2.05, 4.69) is 15.2 Å². The van der Waals surface area contributed by atoms with Crippen LogP contribution in [0.4, 0.5) is 36.4 Å². The van der Waals surface area contributed by atoms with E-state index in [4.69, 9.17) is 19.8 Å². The first-order valence-electron chi connectivity index (χ1n) is 11.8. The number of carboxylic acids is 2. The maximum atomic E-state index is 13.1. The lowest BCUT2D eigenvalue weighted by molar-refractivity contribution is -0.193. The predicted molar refractivity (Wildman–Crippen MR) is 131 cm³/mol. The summed E-state index contributed by atoms with van der Waals surface area (Å²) in [5, 5.41) is 16.6. The fraction of sp³-hybridized carbons (Fsp3) is 0.417. The Morgan fingerprint density at radius 1 is 0.952 bits per heavy atom. The molecule has 3 N–H and O–H groups in total. The number of alkyl halides is 6. The Kier molecular flexibility index (Phi) is 11.4. The lowest BCUT2D eigenvalue weighted by atomic mass is 9.87. The van der Waals surface area contributed by atoms with Crippen molar-refractivity contribution in [3.63, 3.8) is 0 Å². The molecule has 1 amide bonds. The summed E-state index contributed by atoms with van der Waals surface area (Å²) in [5.74, 6) is -6.53. The van der Waals surface area contributed by atoms with Crippen molar-refractivity contribution in [2.45, 2.75) is 30.6 Å². The standard InChI is InChI=1S/C20H22FN3O3S.2C2HF3O2/c21-15-5-3-14(4-6-15)11-24-12-18-17(7-9-28(26,27)19(18)13-24)20(25)23-16-2-1-8-22-10-16;2*3-2(4,5)1(6)7/h1-6,8,10,17-19H,7,9,11-13H2,(H,23,25);2*(H,6,7)/t17-,18-,19-;;/m1../s1. The largest absolute Gasteiger partial charge is 0.490 e. The van der Waals surface area contributed by atoms with Crippen LogP contribution in [0.1, 0.15) is 12.0 Å². The van der Waals surface area contributed by atoms with Gasteiger partial charge in [0.2, 0.25) is 5.91 Å². The molecule has 2 fully saturated rings. The second-order valence-electron chi connectivity index (χ2n) is 9.12. The number of halogens is 7. The number of anilines is 1. The second kappa shape index (κ2) is 13.9. The Balaban J connectivity index is 0.000000367. The predicted octanol–water partition coefficient (Wildman–Crippen LogP) is 3.36. The van der Waals surface area contributed by atoms with Crippen molar-refractivity contribution in [2.24, 2.45) is 11.8 Å². The Hall–Kier alpha value is -3.80. The molecule has 18 heteroatoms. The Morgan fingerprint density at radius 3 is 1.98 bits per heavy atom. The highest BCUT2D eigenvalue weighted by Gasteiger charge is 2.50.